The Balaban J connectivity index is 1.99. The Hall–Kier alpha value is -1.92. The second kappa shape index (κ2) is 7.77. The van der Waals surface area contributed by atoms with Crippen LogP contribution in [0.5, 0.6) is 0 Å². The lowest BCUT2D eigenvalue weighted by molar-refractivity contribution is -0.383. The smallest absolute Gasteiger partial charge is 0.351 e. The molecule has 1 atom stereocenters. The van der Waals surface area contributed by atoms with Crippen LogP contribution in [0.25, 0.3) is 0 Å². The van der Waals surface area contributed by atoms with Gasteiger partial charge in [-0.05, 0) is 38.5 Å². The van der Waals surface area contributed by atoms with E-state index in [4.69, 9.17) is 0 Å². The Bertz CT molecular complexity index is 572. The minimum absolute atomic E-state index is 0.0970. The highest BCUT2D eigenvalue weighted by Gasteiger charge is 2.33. The van der Waals surface area contributed by atoms with Gasteiger partial charge in [-0.15, -0.1) is 0 Å². The SMILES string of the molecule is CCC1CCCCN1c1ncnc(N2CCCCCC2)c1[N+](=O)[O-]. The van der Waals surface area contributed by atoms with E-state index in [1.165, 1.54) is 25.6 Å². The summed E-state index contributed by atoms with van der Waals surface area (Å²) in [5, 5.41) is 11.9. The lowest BCUT2D eigenvalue weighted by Gasteiger charge is -2.36. The fourth-order valence-electron chi connectivity index (χ4n) is 3.95. The van der Waals surface area contributed by atoms with Gasteiger partial charge in [-0.1, -0.05) is 19.8 Å². The van der Waals surface area contributed by atoms with E-state index in [0.717, 1.165) is 51.7 Å². The Kier molecular flexibility index (Phi) is 5.48. The van der Waals surface area contributed by atoms with Crippen molar-refractivity contribution in [3.8, 4) is 0 Å². The van der Waals surface area contributed by atoms with Gasteiger partial charge in [-0.25, -0.2) is 9.97 Å². The normalized spacial score (nSPS) is 22.3. The molecule has 132 valence electrons. The van der Waals surface area contributed by atoms with Crippen LogP contribution < -0.4 is 9.80 Å². The van der Waals surface area contributed by atoms with Gasteiger partial charge in [0.05, 0.1) is 4.92 Å². The number of anilines is 2. The second-order valence-corrected chi connectivity index (χ2v) is 6.78. The van der Waals surface area contributed by atoms with Crippen molar-refractivity contribution in [3.05, 3.63) is 16.4 Å². The molecule has 2 aliphatic heterocycles. The highest BCUT2D eigenvalue weighted by atomic mass is 16.6. The number of hydrogen-bond donors (Lipinski definition) is 0. The Morgan fingerprint density at radius 2 is 1.75 bits per heavy atom. The summed E-state index contributed by atoms with van der Waals surface area (Å²) < 4.78 is 0. The van der Waals surface area contributed by atoms with Gasteiger partial charge in [0.25, 0.3) is 0 Å². The van der Waals surface area contributed by atoms with Gasteiger partial charge >= 0.3 is 5.69 Å². The van der Waals surface area contributed by atoms with E-state index in [2.05, 4.69) is 26.7 Å². The molecule has 0 aromatic carbocycles. The van der Waals surface area contributed by atoms with Crippen molar-refractivity contribution in [2.24, 2.45) is 0 Å². The van der Waals surface area contributed by atoms with E-state index < -0.39 is 0 Å². The van der Waals surface area contributed by atoms with Crippen molar-refractivity contribution in [2.45, 2.75) is 64.3 Å². The minimum atomic E-state index is -0.281. The average molecular weight is 333 g/mol. The Morgan fingerprint density at radius 1 is 1.08 bits per heavy atom. The largest absolute Gasteiger partial charge is 0.353 e. The molecule has 0 saturated carbocycles. The molecule has 7 nitrogen and oxygen atoms in total. The van der Waals surface area contributed by atoms with Crippen molar-refractivity contribution < 1.29 is 4.92 Å². The van der Waals surface area contributed by atoms with Crippen LogP contribution in [0.2, 0.25) is 0 Å². The summed E-state index contributed by atoms with van der Waals surface area (Å²) in [6.07, 6.45) is 10.3. The van der Waals surface area contributed by atoms with Gasteiger partial charge in [-0.3, -0.25) is 10.1 Å². The molecule has 2 saturated heterocycles. The molecule has 3 rings (SSSR count). The van der Waals surface area contributed by atoms with Crippen LogP contribution in [0, 0.1) is 10.1 Å². The zero-order valence-corrected chi connectivity index (χ0v) is 14.5. The first-order chi connectivity index (χ1) is 11.7. The molecule has 7 heteroatoms. The summed E-state index contributed by atoms with van der Waals surface area (Å²) in [6, 6.07) is 0.337. The van der Waals surface area contributed by atoms with Crippen molar-refractivity contribution in [1.29, 1.82) is 0 Å². The molecular formula is C17H27N5O2. The maximum atomic E-state index is 11.9. The van der Waals surface area contributed by atoms with Gasteiger partial charge in [-0.2, -0.15) is 0 Å². The quantitative estimate of drug-likeness (QED) is 0.620. The predicted molar refractivity (Wildman–Crippen MR) is 94.6 cm³/mol. The van der Waals surface area contributed by atoms with Crippen molar-refractivity contribution >= 4 is 17.3 Å². The molecule has 0 spiro atoms. The van der Waals surface area contributed by atoms with Crippen molar-refractivity contribution in [2.75, 3.05) is 29.4 Å². The summed E-state index contributed by atoms with van der Waals surface area (Å²) in [4.78, 5) is 24.5. The summed E-state index contributed by atoms with van der Waals surface area (Å²) >= 11 is 0. The van der Waals surface area contributed by atoms with E-state index >= 15 is 0 Å². The third-order valence-corrected chi connectivity index (χ3v) is 5.24. The zero-order valence-electron chi connectivity index (χ0n) is 14.5. The molecule has 0 amide bonds. The lowest BCUT2D eigenvalue weighted by Crippen LogP contribution is -2.40. The number of nitro groups is 1. The summed E-state index contributed by atoms with van der Waals surface area (Å²) in [5.41, 5.74) is 0.0970. The van der Waals surface area contributed by atoms with Crippen molar-refractivity contribution in [1.82, 2.24) is 9.97 Å². The van der Waals surface area contributed by atoms with Crippen LogP contribution in [0.1, 0.15) is 58.3 Å². The van der Waals surface area contributed by atoms with Gasteiger partial charge in [0.2, 0.25) is 11.6 Å². The molecule has 1 aromatic heterocycles. The van der Waals surface area contributed by atoms with Gasteiger partial charge in [0.1, 0.15) is 6.33 Å². The molecule has 3 heterocycles. The van der Waals surface area contributed by atoms with Gasteiger partial charge in [0.15, 0.2) is 0 Å². The van der Waals surface area contributed by atoms with Crippen LogP contribution in [0.15, 0.2) is 6.33 Å². The minimum Gasteiger partial charge on any atom is -0.351 e. The van der Waals surface area contributed by atoms with Gasteiger partial charge in [0, 0.05) is 25.7 Å². The van der Waals surface area contributed by atoms with Crippen LogP contribution in [0.3, 0.4) is 0 Å². The average Bonchev–Trinajstić information content (AvgIpc) is 2.90. The molecule has 2 fully saturated rings. The first-order valence-electron chi connectivity index (χ1n) is 9.23. The number of hydrogen-bond acceptors (Lipinski definition) is 6. The van der Waals surface area contributed by atoms with E-state index in [-0.39, 0.29) is 10.6 Å². The third-order valence-electron chi connectivity index (χ3n) is 5.24. The molecule has 0 bridgehead atoms. The molecule has 2 aliphatic rings. The first kappa shape index (κ1) is 16.9. The fourth-order valence-corrected chi connectivity index (χ4v) is 3.95. The van der Waals surface area contributed by atoms with E-state index in [0.29, 0.717) is 17.7 Å². The van der Waals surface area contributed by atoms with Crippen LogP contribution in [0.4, 0.5) is 17.3 Å². The van der Waals surface area contributed by atoms with Crippen LogP contribution >= 0.6 is 0 Å². The number of piperidine rings is 1. The second-order valence-electron chi connectivity index (χ2n) is 6.78. The summed E-state index contributed by atoms with van der Waals surface area (Å²) in [6.45, 7) is 4.67. The van der Waals surface area contributed by atoms with Gasteiger partial charge < -0.3 is 9.80 Å². The number of rotatable bonds is 4. The standard InChI is InChI=1S/C17H27N5O2/c1-2-14-9-5-8-12-21(14)17-15(22(23)24)16(18-13-19-17)20-10-6-3-4-7-11-20/h13-14H,2-12H2,1H3. The van der Waals surface area contributed by atoms with E-state index in [1.54, 1.807) is 0 Å². The molecule has 1 aromatic rings. The topological polar surface area (TPSA) is 75.4 Å². The van der Waals surface area contributed by atoms with Crippen LogP contribution in [-0.2, 0) is 0 Å². The monoisotopic (exact) mass is 333 g/mol. The molecule has 0 radical (unpaired) electrons. The molecule has 0 N–H and O–H groups in total. The number of aromatic nitrogens is 2. The van der Waals surface area contributed by atoms with E-state index in [9.17, 15) is 10.1 Å². The molecule has 1 unspecified atom stereocenters. The van der Waals surface area contributed by atoms with Crippen molar-refractivity contribution in [3.63, 3.8) is 0 Å². The van der Waals surface area contributed by atoms with E-state index in [1.807, 2.05) is 0 Å². The highest BCUT2D eigenvalue weighted by Crippen LogP contribution is 2.38. The number of nitrogens with zero attached hydrogens (tertiary/aromatic N) is 5. The summed E-state index contributed by atoms with van der Waals surface area (Å²) in [7, 11) is 0. The molecule has 0 aliphatic carbocycles. The first-order valence-corrected chi connectivity index (χ1v) is 9.23. The Labute approximate surface area is 143 Å². The Morgan fingerprint density at radius 3 is 2.42 bits per heavy atom. The maximum Gasteiger partial charge on any atom is 0.353 e. The zero-order chi connectivity index (χ0) is 16.9. The fraction of sp³-hybridized carbons (Fsp3) is 0.765. The maximum absolute atomic E-state index is 11.9. The van der Waals surface area contributed by atoms with Crippen LogP contribution in [-0.4, -0.2) is 40.6 Å². The molecular weight excluding hydrogens is 306 g/mol. The highest BCUT2D eigenvalue weighted by molar-refractivity contribution is 5.71. The molecule has 24 heavy (non-hydrogen) atoms. The lowest BCUT2D eigenvalue weighted by atomic mass is 10.00. The third kappa shape index (κ3) is 3.44. The predicted octanol–water partition coefficient (Wildman–Crippen LogP) is 3.53. The summed E-state index contributed by atoms with van der Waals surface area (Å²) in [5.74, 6) is 1.02.